The Kier molecular flexibility index (Phi) is 9.00. The van der Waals surface area contributed by atoms with Crippen molar-refractivity contribution in [1.82, 2.24) is 15.6 Å². The van der Waals surface area contributed by atoms with Crippen molar-refractivity contribution >= 4 is 5.96 Å². The molecule has 0 saturated carbocycles. The van der Waals surface area contributed by atoms with Gasteiger partial charge in [0.1, 0.15) is 0 Å². The molecule has 1 aromatic heterocycles. The van der Waals surface area contributed by atoms with Gasteiger partial charge in [-0.15, -0.1) is 0 Å². The van der Waals surface area contributed by atoms with Gasteiger partial charge in [0.05, 0.1) is 6.61 Å². The van der Waals surface area contributed by atoms with Gasteiger partial charge in [0, 0.05) is 31.9 Å². The number of nitrogens with zero attached hydrogens (tertiary/aromatic N) is 2. The third kappa shape index (κ3) is 6.97. The molecule has 0 spiro atoms. The van der Waals surface area contributed by atoms with Crippen LogP contribution in [0.15, 0.2) is 23.3 Å². The summed E-state index contributed by atoms with van der Waals surface area (Å²) in [6.07, 6.45) is 6.23. The van der Waals surface area contributed by atoms with Gasteiger partial charge >= 0.3 is 0 Å². The summed E-state index contributed by atoms with van der Waals surface area (Å²) in [6, 6.07) is 3.96. The summed E-state index contributed by atoms with van der Waals surface area (Å²) >= 11 is 0. The third-order valence-corrected chi connectivity index (χ3v) is 3.08. The summed E-state index contributed by atoms with van der Waals surface area (Å²) in [6.45, 7) is 6.62. The van der Waals surface area contributed by atoms with Gasteiger partial charge in [-0.1, -0.05) is 32.8 Å². The minimum Gasteiger partial charge on any atom is -0.477 e. The van der Waals surface area contributed by atoms with Crippen LogP contribution < -0.4 is 15.4 Å². The van der Waals surface area contributed by atoms with Crippen molar-refractivity contribution in [1.29, 1.82) is 0 Å². The van der Waals surface area contributed by atoms with Gasteiger partial charge in [-0.3, -0.25) is 4.99 Å². The fourth-order valence-electron chi connectivity index (χ4n) is 1.78. The zero-order valence-corrected chi connectivity index (χ0v) is 13.5. The second-order valence-electron chi connectivity index (χ2n) is 4.88. The molecule has 2 N–H and O–H groups in total. The van der Waals surface area contributed by atoms with E-state index in [0.717, 1.165) is 37.3 Å². The Labute approximate surface area is 128 Å². The highest BCUT2D eigenvalue weighted by atomic mass is 16.5. The molecule has 0 saturated heterocycles. The van der Waals surface area contributed by atoms with Gasteiger partial charge in [-0.2, -0.15) is 0 Å². The fraction of sp³-hybridized carbons (Fsp3) is 0.625. The minimum absolute atomic E-state index is 0.654. The number of aromatic nitrogens is 1. The number of unbranched alkanes of at least 4 members (excludes halogenated alkanes) is 2. The lowest BCUT2D eigenvalue weighted by molar-refractivity contribution is 0.294. The van der Waals surface area contributed by atoms with Crippen LogP contribution in [0.3, 0.4) is 0 Å². The van der Waals surface area contributed by atoms with Crippen LogP contribution in [0.5, 0.6) is 5.88 Å². The second kappa shape index (κ2) is 10.9. The zero-order chi connectivity index (χ0) is 15.3. The molecule has 0 atom stereocenters. The number of guanidine groups is 1. The number of ether oxygens (including phenoxy) is 1. The van der Waals surface area contributed by atoms with E-state index in [4.69, 9.17) is 4.74 Å². The van der Waals surface area contributed by atoms with Crippen LogP contribution in [-0.2, 0) is 6.54 Å². The Morgan fingerprint density at radius 3 is 2.76 bits per heavy atom. The Balaban J connectivity index is 2.49. The monoisotopic (exact) mass is 292 g/mol. The number of hydrogen-bond acceptors (Lipinski definition) is 3. The average Bonchev–Trinajstić information content (AvgIpc) is 2.52. The third-order valence-electron chi connectivity index (χ3n) is 3.08. The second-order valence-corrected chi connectivity index (χ2v) is 4.88. The van der Waals surface area contributed by atoms with E-state index in [1.807, 2.05) is 12.1 Å². The molecule has 1 heterocycles. The highest BCUT2D eigenvalue weighted by Crippen LogP contribution is 2.14. The van der Waals surface area contributed by atoms with E-state index in [9.17, 15) is 0 Å². The van der Waals surface area contributed by atoms with Gasteiger partial charge in [0.25, 0.3) is 0 Å². The zero-order valence-electron chi connectivity index (χ0n) is 13.5. The van der Waals surface area contributed by atoms with E-state index in [2.05, 4.69) is 34.5 Å². The van der Waals surface area contributed by atoms with Gasteiger partial charge < -0.3 is 15.4 Å². The SMILES string of the molecule is CCCCNC(=NC)NCc1cccnc1OCCCC. The minimum atomic E-state index is 0.654. The van der Waals surface area contributed by atoms with Gasteiger partial charge in [-0.25, -0.2) is 4.98 Å². The van der Waals surface area contributed by atoms with E-state index < -0.39 is 0 Å². The normalized spacial score (nSPS) is 11.3. The highest BCUT2D eigenvalue weighted by Gasteiger charge is 2.05. The topological polar surface area (TPSA) is 58.5 Å². The first-order chi connectivity index (χ1) is 10.3. The van der Waals surface area contributed by atoms with Crippen molar-refractivity contribution in [2.45, 2.75) is 46.1 Å². The molecule has 1 rings (SSSR count). The number of hydrogen-bond donors (Lipinski definition) is 2. The molecule has 0 aliphatic carbocycles. The Bertz CT molecular complexity index is 420. The van der Waals surface area contributed by atoms with Gasteiger partial charge in [-0.05, 0) is 18.9 Å². The van der Waals surface area contributed by atoms with Crippen LogP contribution in [0.1, 0.15) is 45.1 Å². The van der Waals surface area contributed by atoms with Crippen molar-refractivity contribution in [3.63, 3.8) is 0 Å². The van der Waals surface area contributed by atoms with Crippen molar-refractivity contribution < 1.29 is 4.74 Å². The molecule has 0 unspecified atom stereocenters. The van der Waals surface area contributed by atoms with E-state index in [1.54, 1.807) is 13.2 Å². The van der Waals surface area contributed by atoms with Gasteiger partial charge in [0.2, 0.25) is 5.88 Å². The maximum absolute atomic E-state index is 5.73. The summed E-state index contributed by atoms with van der Waals surface area (Å²) in [5.41, 5.74) is 1.05. The van der Waals surface area contributed by atoms with Crippen molar-refractivity contribution in [3.05, 3.63) is 23.9 Å². The summed E-state index contributed by atoms with van der Waals surface area (Å²) in [7, 11) is 1.78. The molecule has 21 heavy (non-hydrogen) atoms. The smallest absolute Gasteiger partial charge is 0.218 e. The predicted molar refractivity (Wildman–Crippen MR) is 87.7 cm³/mol. The summed E-state index contributed by atoms with van der Waals surface area (Å²) in [4.78, 5) is 8.52. The molecule has 5 nitrogen and oxygen atoms in total. The quantitative estimate of drug-likeness (QED) is 0.417. The molecule has 0 aromatic carbocycles. The average molecular weight is 292 g/mol. The number of pyridine rings is 1. The molecule has 1 aromatic rings. The lowest BCUT2D eigenvalue weighted by Crippen LogP contribution is -2.37. The molecular formula is C16H28N4O. The van der Waals surface area contributed by atoms with Crippen LogP contribution in [-0.4, -0.2) is 31.1 Å². The van der Waals surface area contributed by atoms with Crippen LogP contribution in [0.25, 0.3) is 0 Å². The van der Waals surface area contributed by atoms with Crippen LogP contribution in [0.4, 0.5) is 0 Å². The summed E-state index contributed by atoms with van der Waals surface area (Å²) in [5, 5.41) is 6.58. The highest BCUT2D eigenvalue weighted by molar-refractivity contribution is 5.79. The molecule has 0 aliphatic heterocycles. The van der Waals surface area contributed by atoms with E-state index in [0.29, 0.717) is 19.0 Å². The van der Waals surface area contributed by atoms with Crippen molar-refractivity contribution in [2.24, 2.45) is 4.99 Å². The number of nitrogens with one attached hydrogen (secondary N) is 2. The molecule has 5 heteroatoms. The Morgan fingerprint density at radius 1 is 1.24 bits per heavy atom. The number of aliphatic imine (C=N–C) groups is 1. The van der Waals surface area contributed by atoms with Crippen LogP contribution in [0.2, 0.25) is 0 Å². The summed E-state index contributed by atoms with van der Waals surface area (Å²) < 4.78 is 5.73. The fourth-order valence-corrected chi connectivity index (χ4v) is 1.78. The largest absolute Gasteiger partial charge is 0.477 e. The molecule has 0 radical (unpaired) electrons. The number of rotatable bonds is 9. The molecule has 0 fully saturated rings. The van der Waals surface area contributed by atoms with Crippen LogP contribution in [0, 0.1) is 0 Å². The summed E-state index contributed by atoms with van der Waals surface area (Å²) in [5.74, 6) is 1.52. The van der Waals surface area contributed by atoms with Crippen molar-refractivity contribution in [2.75, 3.05) is 20.2 Å². The first kappa shape index (κ1) is 17.3. The lowest BCUT2D eigenvalue weighted by atomic mass is 10.2. The molecule has 0 aliphatic rings. The molecule has 0 bridgehead atoms. The Hall–Kier alpha value is -1.78. The molecule has 0 amide bonds. The molecular weight excluding hydrogens is 264 g/mol. The van der Waals surface area contributed by atoms with E-state index >= 15 is 0 Å². The van der Waals surface area contributed by atoms with Crippen molar-refractivity contribution in [3.8, 4) is 5.88 Å². The first-order valence-corrected chi connectivity index (χ1v) is 7.83. The standard InChI is InChI=1S/C16H28N4O/c1-4-6-10-19-16(17-3)20-13-14-9-8-11-18-15(14)21-12-7-5-2/h8-9,11H,4-7,10,12-13H2,1-3H3,(H2,17,19,20). The first-order valence-electron chi connectivity index (χ1n) is 7.83. The maximum atomic E-state index is 5.73. The van der Waals surface area contributed by atoms with E-state index in [-0.39, 0.29) is 0 Å². The van der Waals surface area contributed by atoms with Crippen LogP contribution >= 0.6 is 0 Å². The predicted octanol–water partition coefficient (Wildman–Crippen LogP) is 2.73. The maximum Gasteiger partial charge on any atom is 0.218 e. The molecule has 118 valence electrons. The lowest BCUT2D eigenvalue weighted by Gasteiger charge is -2.13. The van der Waals surface area contributed by atoms with Gasteiger partial charge in [0.15, 0.2) is 5.96 Å². The van der Waals surface area contributed by atoms with E-state index in [1.165, 1.54) is 6.42 Å². The Morgan fingerprint density at radius 2 is 2.05 bits per heavy atom.